The molecule has 0 aromatic rings. The number of aliphatic hydroxyl groups is 2. The van der Waals surface area contributed by atoms with Gasteiger partial charge in [0.25, 0.3) is 0 Å². The van der Waals surface area contributed by atoms with Gasteiger partial charge in [0.05, 0.1) is 12.2 Å². The number of aliphatic hydroxyl groups excluding tert-OH is 1. The summed E-state index contributed by atoms with van der Waals surface area (Å²) in [4.78, 5) is 0. The fraction of sp³-hybridized carbons (Fsp3) is 0.733. The molecule has 0 aliphatic heterocycles. The van der Waals surface area contributed by atoms with Gasteiger partial charge in [-0.15, -0.1) is 0 Å². The van der Waals surface area contributed by atoms with Crippen molar-refractivity contribution in [1.29, 1.82) is 0 Å². The van der Waals surface area contributed by atoms with Gasteiger partial charge >= 0.3 is 0 Å². The molecule has 2 N–H and O–H groups in total. The lowest BCUT2D eigenvalue weighted by molar-refractivity contribution is -0.0234. The van der Waals surface area contributed by atoms with Crippen LogP contribution in [0.15, 0.2) is 23.3 Å². The molecule has 0 unspecified atom stereocenters. The van der Waals surface area contributed by atoms with Gasteiger partial charge in [0, 0.05) is 0 Å². The van der Waals surface area contributed by atoms with E-state index in [0.29, 0.717) is 5.92 Å². The average molecular weight is 238 g/mol. The first-order valence-corrected chi connectivity index (χ1v) is 6.62. The summed E-state index contributed by atoms with van der Waals surface area (Å²) in [5, 5.41) is 19.5. The van der Waals surface area contributed by atoms with Crippen molar-refractivity contribution in [2.75, 3.05) is 6.61 Å². The average Bonchev–Trinajstić information content (AvgIpc) is 2.32. The Morgan fingerprint density at radius 3 is 2.82 bits per heavy atom. The summed E-state index contributed by atoms with van der Waals surface area (Å²) in [7, 11) is 0. The SMILES string of the molecule is CC1=CC[C@@](O)([C@@H](C)CC/C=C(/C)CO)CC1. The molecule has 1 aliphatic carbocycles. The highest BCUT2D eigenvalue weighted by atomic mass is 16.3. The van der Waals surface area contributed by atoms with Gasteiger partial charge in [-0.3, -0.25) is 0 Å². The van der Waals surface area contributed by atoms with Gasteiger partial charge in [-0.2, -0.15) is 0 Å². The number of hydrogen-bond acceptors (Lipinski definition) is 2. The van der Waals surface area contributed by atoms with Crippen molar-refractivity contribution in [1.82, 2.24) is 0 Å². The summed E-state index contributed by atoms with van der Waals surface area (Å²) < 4.78 is 0. The van der Waals surface area contributed by atoms with Crippen LogP contribution in [0.4, 0.5) is 0 Å². The molecule has 0 amide bonds. The van der Waals surface area contributed by atoms with E-state index < -0.39 is 5.60 Å². The van der Waals surface area contributed by atoms with Crippen LogP contribution in [0, 0.1) is 5.92 Å². The normalized spacial score (nSPS) is 27.8. The molecule has 0 radical (unpaired) electrons. The van der Waals surface area contributed by atoms with Gasteiger partial charge in [0.2, 0.25) is 0 Å². The van der Waals surface area contributed by atoms with Crippen molar-refractivity contribution in [3.63, 3.8) is 0 Å². The molecule has 1 aliphatic rings. The third-order valence-electron chi connectivity index (χ3n) is 4.02. The standard InChI is InChI=1S/C15H26O2/c1-12-7-9-15(17,10-8-12)14(3)6-4-5-13(2)11-16/h5,7,14,16-17H,4,6,8-11H2,1-3H3/b13-5-/t14-,15-/m0/s1. The van der Waals surface area contributed by atoms with Crippen molar-refractivity contribution in [2.24, 2.45) is 5.92 Å². The number of rotatable bonds is 5. The summed E-state index contributed by atoms with van der Waals surface area (Å²) in [6.07, 6.45) is 8.88. The quantitative estimate of drug-likeness (QED) is 0.722. The zero-order valence-electron chi connectivity index (χ0n) is 11.4. The second kappa shape index (κ2) is 6.36. The third-order valence-corrected chi connectivity index (χ3v) is 4.02. The van der Waals surface area contributed by atoms with Gasteiger partial charge in [0.1, 0.15) is 0 Å². The fourth-order valence-corrected chi connectivity index (χ4v) is 2.33. The van der Waals surface area contributed by atoms with E-state index in [1.165, 1.54) is 5.57 Å². The summed E-state index contributed by atoms with van der Waals surface area (Å²) in [5.41, 5.74) is 1.90. The third kappa shape index (κ3) is 4.29. The van der Waals surface area contributed by atoms with Crippen LogP contribution in [0.2, 0.25) is 0 Å². The van der Waals surface area contributed by atoms with Crippen molar-refractivity contribution in [2.45, 2.75) is 58.5 Å². The van der Waals surface area contributed by atoms with E-state index >= 15 is 0 Å². The maximum absolute atomic E-state index is 10.6. The highest BCUT2D eigenvalue weighted by Gasteiger charge is 2.33. The minimum absolute atomic E-state index is 0.139. The summed E-state index contributed by atoms with van der Waals surface area (Å²) in [6.45, 7) is 6.35. The molecule has 0 saturated heterocycles. The van der Waals surface area contributed by atoms with Crippen LogP contribution in [-0.4, -0.2) is 22.4 Å². The van der Waals surface area contributed by atoms with Crippen LogP contribution >= 0.6 is 0 Å². The molecular formula is C15H26O2. The summed E-state index contributed by atoms with van der Waals surface area (Å²) in [6, 6.07) is 0. The van der Waals surface area contributed by atoms with Crippen LogP contribution in [0.5, 0.6) is 0 Å². The minimum atomic E-state index is -0.513. The van der Waals surface area contributed by atoms with E-state index in [1.807, 2.05) is 6.92 Å². The van der Waals surface area contributed by atoms with Gasteiger partial charge in [-0.25, -0.2) is 0 Å². The van der Waals surface area contributed by atoms with E-state index in [9.17, 15) is 5.11 Å². The van der Waals surface area contributed by atoms with Gasteiger partial charge < -0.3 is 10.2 Å². The van der Waals surface area contributed by atoms with Crippen LogP contribution in [0.25, 0.3) is 0 Å². The topological polar surface area (TPSA) is 40.5 Å². The molecule has 2 nitrogen and oxygen atoms in total. The van der Waals surface area contributed by atoms with Crippen LogP contribution < -0.4 is 0 Å². The molecule has 2 atom stereocenters. The second-order valence-electron chi connectivity index (χ2n) is 5.55. The minimum Gasteiger partial charge on any atom is -0.392 e. The molecule has 1 rings (SSSR count). The first kappa shape index (κ1) is 14.5. The Labute approximate surface area is 105 Å². The zero-order chi connectivity index (χ0) is 12.9. The molecule has 0 fully saturated rings. The Hall–Kier alpha value is -0.600. The van der Waals surface area contributed by atoms with Crippen molar-refractivity contribution < 1.29 is 10.2 Å². The zero-order valence-corrected chi connectivity index (χ0v) is 11.4. The molecule has 0 spiro atoms. The Bertz CT molecular complexity index is 304. The number of allylic oxidation sites excluding steroid dienone is 2. The van der Waals surface area contributed by atoms with Crippen LogP contribution in [0.1, 0.15) is 52.9 Å². The molecule has 17 heavy (non-hydrogen) atoms. The molecule has 2 heteroatoms. The van der Waals surface area contributed by atoms with Crippen LogP contribution in [-0.2, 0) is 0 Å². The fourth-order valence-electron chi connectivity index (χ4n) is 2.33. The van der Waals surface area contributed by atoms with Gasteiger partial charge in [-0.1, -0.05) is 30.2 Å². The molecule has 0 aromatic heterocycles. The number of hydrogen-bond donors (Lipinski definition) is 2. The molecular weight excluding hydrogens is 212 g/mol. The predicted molar refractivity (Wildman–Crippen MR) is 71.8 cm³/mol. The lowest BCUT2D eigenvalue weighted by Gasteiger charge is -2.36. The molecule has 0 saturated carbocycles. The monoisotopic (exact) mass is 238 g/mol. The highest BCUT2D eigenvalue weighted by Crippen LogP contribution is 2.35. The summed E-state index contributed by atoms with van der Waals surface area (Å²) >= 11 is 0. The van der Waals surface area contributed by atoms with Crippen molar-refractivity contribution in [3.8, 4) is 0 Å². The van der Waals surface area contributed by atoms with Crippen LogP contribution in [0.3, 0.4) is 0 Å². The van der Waals surface area contributed by atoms with E-state index in [-0.39, 0.29) is 6.61 Å². The molecule has 0 heterocycles. The Morgan fingerprint density at radius 1 is 1.59 bits per heavy atom. The van der Waals surface area contributed by atoms with E-state index in [0.717, 1.165) is 37.7 Å². The van der Waals surface area contributed by atoms with E-state index in [1.54, 1.807) is 0 Å². The highest BCUT2D eigenvalue weighted by molar-refractivity contribution is 5.09. The van der Waals surface area contributed by atoms with Crippen molar-refractivity contribution in [3.05, 3.63) is 23.3 Å². The maximum Gasteiger partial charge on any atom is 0.0710 e. The maximum atomic E-state index is 10.6. The molecule has 98 valence electrons. The Morgan fingerprint density at radius 2 is 2.29 bits per heavy atom. The smallest absolute Gasteiger partial charge is 0.0710 e. The summed E-state index contributed by atoms with van der Waals surface area (Å²) in [5.74, 6) is 0.314. The Balaban J connectivity index is 2.44. The van der Waals surface area contributed by atoms with Gasteiger partial charge in [0.15, 0.2) is 0 Å². The predicted octanol–water partition coefficient (Wildman–Crippen LogP) is 3.20. The lowest BCUT2D eigenvalue weighted by atomic mass is 9.75. The van der Waals surface area contributed by atoms with Crippen molar-refractivity contribution >= 4 is 0 Å². The molecule has 0 aromatic carbocycles. The van der Waals surface area contributed by atoms with E-state index in [4.69, 9.17) is 5.11 Å². The Kier molecular flexibility index (Phi) is 5.41. The van der Waals surface area contributed by atoms with E-state index in [2.05, 4.69) is 26.0 Å². The van der Waals surface area contributed by atoms with Gasteiger partial charge in [-0.05, 0) is 51.9 Å². The molecule has 0 bridgehead atoms. The second-order valence-corrected chi connectivity index (χ2v) is 5.55. The first-order chi connectivity index (χ1) is 7.98. The largest absolute Gasteiger partial charge is 0.392 e. The first-order valence-electron chi connectivity index (χ1n) is 6.62. The lowest BCUT2D eigenvalue weighted by Crippen LogP contribution is -2.37.